The Balaban J connectivity index is 1.66. The van der Waals surface area contributed by atoms with Crippen molar-refractivity contribution in [3.63, 3.8) is 0 Å². The maximum Gasteiger partial charge on any atom is 0.222 e. The van der Waals surface area contributed by atoms with Crippen molar-refractivity contribution in [3.05, 3.63) is 17.2 Å². The van der Waals surface area contributed by atoms with Crippen molar-refractivity contribution < 1.29 is 4.79 Å². The second-order valence-corrected chi connectivity index (χ2v) is 6.46. The smallest absolute Gasteiger partial charge is 0.222 e. The molecule has 5 nitrogen and oxygen atoms in total. The highest BCUT2D eigenvalue weighted by Crippen LogP contribution is 2.22. The highest BCUT2D eigenvalue weighted by Gasteiger charge is 2.29. The SMILES string of the molecule is Cc1nc(CN2CCCCC2CN2CCCC2=O)c(C)[nH]1. The van der Waals surface area contributed by atoms with Gasteiger partial charge in [-0.2, -0.15) is 0 Å². The van der Waals surface area contributed by atoms with Crippen molar-refractivity contribution in [3.8, 4) is 0 Å². The maximum atomic E-state index is 11.9. The Kier molecular flexibility index (Phi) is 4.29. The summed E-state index contributed by atoms with van der Waals surface area (Å²) in [6.45, 7) is 7.98. The summed E-state index contributed by atoms with van der Waals surface area (Å²) in [5.41, 5.74) is 2.33. The molecule has 0 bridgehead atoms. The summed E-state index contributed by atoms with van der Waals surface area (Å²) in [6.07, 6.45) is 5.51. The molecule has 0 spiro atoms. The number of amides is 1. The van der Waals surface area contributed by atoms with E-state index in [-0.39, 0.29) is 0 Å². The minimum atomic E-state index is 0.340. The molecule has 0 aliphatic carbocycles. The van der Waals surface area contributed by atoms with Gasteiger partial charge in [-0.05, 0) is 39.7 Å². The zero-order valence-electron chi connectivity index (χ0n) is 13.2. The predicted molar refractivity (Wildman–Crippen MR) is 81.9 cm³/mol. The van der Waals surface area contributed by atoms with Crippen LogP contribution < -0.4 is 0 Å². The van der Waals surface area contributed by atoms with E-state index < -0.39 is 0 Å². The second kappa shape index (κ2) is 6.18. The Hall–Kier alpha value is -1.36. The number of carbonyl (C=O) groups is 1. The summed E-state index contributed by atoms with van der Waals surface area (Å²) >= 11 is 0. The van der Waals surface area contributed by atoms with Gasteiger partial charge in [-0.1, -0.05) is 6.42 Å². The van der Waals surface area contributed by atoms with Gasteiger partial charge in [0.25, 0.3) is 0 Å². The van der Waals surface area contributed by atoms with Gasteiger partial charge in [0.1, 0.15) is 5.82 Å². The summed E-state index contributed by atoms with van der Waals surface area (Å²) in [4.78, 5) is 24.3. The van der Waals surface area contributed by atoms with Gasteiger partial charge in [0, 0.05) is 37.8 Å². The van der Waals surface area contributed by atoms with Crippen LogP contribution in [0.1, 0.15) is 49.3 Å². The number of piperidine rings is 1. The van der Waals surface area contributed by atoms with Crippen LogP contribution in [-0.4, -0.2) is 51.4 Å². The number of carbonyl (C=O) groups excluding carboxylic acids is 1. The van der Waals surface area contributed by atoms with Crippen LogP contribution in [0.5, 0.6) is 0 Å². The molecule has 116 valence electrons. The lowest BCUT2D eigenvalue weighted by Gasteiger charge is -2.37. The molecule has 1 aromatic rings. The Labute approximate surface area is 126 Å². The lowest BCUT2D eigenvalue weighted by atomic mass is 10.0. The van der Waals surface area contributed by atoms with E-state index in [1.165, 1.54) is 25.0 Å². The van der Waals surface area contributed by atoms with Gasteiger partial charge in [-0.25, -0.2) is 4.98 Å². The molecule has 2 aliphatic rings. The number of H-pyrrole nitrogens is 1. The molecule has 3 heterocycles. The molecule has 1 unspecified atom stereocenters. The molecule has 1 aromatic heterocycles. The lowest BCUT2D eigenvalue weighted by molar-refractivity contribution is -0.128. The number of nitrogens with one attached hydrogen (secondary N) is 1. The third-order valence-corrected chi connectivity index (χ3v) is 4.81. The number of imidazole rings is 1. The monoisotopic (exact) mass is 290 g/mol. The fourth-order valence-corrected chi connectivity index (χ4v) is 3.63. The van der Waals surface area contributed by atoms with E-state index in [9.17, 15) is 4.79 Å². The number of aromatic amines is 1. The van der Waals surface area contributed by atoms with E-state index in [0.29, 0.717) is 11.9 Å². The highest BCUT2D eigenvalue weighted by molar-refractivity contribution is 5.78. The van der Waals surface area contributed by atoms with E-state index in [2.05, 4.69) is 26.7 Å². The van der Waals surface area contributed by atoms with Crippen LogP contribution in [0.4, 0.5) is 0 Å². The van der Waals surface area contributed by atoms with Crippen LogP contribution in [0.3, 0.4) is 0 Å². The zero-order chi connectivity index (χ0) is 14.8. The normalized spacial score (nSPS) is 24.0. The highest BCUT2D eigenvalue weighted by atomic mass is 16.2. The summed E-state index contributed by atoms with van der Waals surface area (Å²) in [5, 5.41) is 0. The van der Waals surface area contributed by atoms with Crippen molar-refractivity contribution in [2.45, 2.75) is 58.5 Å². The number of aryl methyl sites for hydroxylation is 2. The van der Waals surface area contributed by atoms with Gasteiger partial charge in [0.05, 0.1) is 5.69 Å². The molecule has 1 atom stereocenters. The van der Waals surface area contributed by atoms with Gasteiger partial charge in [0.2, 0.25) is 5.91 Å². The summed E-state index contributed by atoms with van der Waals surface area (Å²) in [6, 6.07) is 0.497. The predicted octanol–water partition coefficient (Wildman–Crippen LogP) is 2.00. The molecule has 0 aromatic carbocycles. The minimum absolute atomic E-state index is 0.340. The van der Waals surface area contributed by atoms with Gasteiger partial charge in [0.15, 0.2) is 0 Å². The largest absolute Gasteiger partial charge is 0.346 e. The Bertz CT molecular complexity index is 510. The quantitative estimate of drug-likeness (QED) is 0.923. The second-order valence-electron chi connectivity index (χ2n) is 6.46. The minimum Gasteiger partial charge on any atom is -0.346 e. The van der Waals surface area contributed by atoms with Gasteiger partial charge in [-0.15, -0.1) is 0 Å². The average Bonchev–Trinajstić information content (AvgIpc) is 2.99. The summed E-state index contributed by atoms with van der Waals surface area (Å²) < 4.78 is 0. The Morgan fingerprint density at radius 2 is 2.10 bits per heavy atom. The summed E-state index contributed by atoms with van der Waals surface area (Å²) in [7, 11) is 0. The fourth-order valence-electron chi connectivity index (χ4n) is 3.63. The number of nitrogens with zero attached hydrogens (tertiary/aromatic N) is 3. The third-order valence-electron chi connectivity index (χ3n) is 4.81. The van der Waals surface area contributed by atoms with Crippen molar-refractivity contribution in [1.82, 2.24) is 19.8 Å². The van der Waals surface area contributed by atoms with E-state index in [1.54, 1.807) is 0 Å². The standard InChI is InChI=1S/C16H26N4O/c1-12-15(18-13(2)17-12)11-19-8-4-3-6-14(19)10-20-9-5-7-16(20)21/h14H,3-11H2,1-2H3,(H,17,18). The zero-order valence-corrected chi connectivity index (χ0v) is 13.2. The molecule has 0 radical (unpaired) electrons. The van der Waals surface area contributed by atoms with Crippen LogP contribution in [0.15, 0.2) is 0 Å². The van der Waals surface area contributed by atoms with Crippen molar-refractivity contribution in [2.24, 2.45) is 0 Å². The molecule has 21 heavy (non-hydrogen) atoms. The first-order valence-corrected chi connectivity index (χ1v) is 8.17. The molecular weight excluding hydrogens is 264 g/mol. The topological polar surface area (TPSA) is 52.2 Å². The van der Waals surface area contributed by atoms with Crippen LogP contribution >= 0.6 is 0 Å². The molecule has 2 fully saturated rings. The molecular formula is C16H26N4O. The Morgan fingerprint density at radius 3 is 2.76 bits per heavy atom. The van der Waals surface area contributed by atoms with Crippen molar-refractivity contribution in [1.29, 1.82) is 0 Å². The van der Waals surface area contributed by atoms with E-state index in [1.807, 2.05) is 6.92 Å². The maximum absolute atomic E-state index is 11.9. The van der Waals surface area contributed by atoms with Crippen molar-refractivity contribution >= 4 is 5.91 Å². The first-order chi connectivity index (χ1) is 10.1. The van der Waals surface area contributed by atoms with E-state index in [4.69, 9.17) is 0 Å². The number of likely N-dealkylation sites (tertiary alicyclic amines) is 2. The molecule has 1 amide bonds. The average molecular weight is 290 g/mol. The molecule has 2 saturated heterocycles. The lowest BCUT2D eigenvalue weighted by Crippen LogP contribution is -2.46. The van der Waals surface area contributed by atoms with Crippen LogP contribution in [0.2, 0.25) is 0 Å². The molecule has 5 heteroatoms. The molecule has 1 N–H and O–H groups in total. The first-order valence-electron chi connectivity index (χ1n) is 8.17. The van der Waals surface area contributed by atoms with Crippen LogP contribution in [0, 0.1) is 13.8 Å². The number of aromatic nitrogens is 2. The fraction of sp³-hybridized carbons (Fsp3) is 0.750. The summed E-state index contributed by atoms with van der Waals surface area (Å²) in [5.74, 6) is 1.33. The molecule has 3 rings (SSSR count). The van der Waals surface area contributed by atoms with E-state index in [0.717, 1.165) is 50.5 Å². The van der Waals surface area contributed by atoms with Gasteiger partial charge >= 0.3 is 0 Å². The first kappa shape index (κ1) is 14.6. The van der Waals surface area contributed by atoms with Crippen LogP contribution in [-0.2, 0) is 11.3 Å². The molecule has 2 aliphatic heterocycles. The van der Waals surface area contributed by atoms with E-state index >= 15 is 0 Å². The molecule has 0 saturated carbocycles. The third kappa shape index (κ3) is 3.28. The van der Waals surface area contributed by atoms with Crippen LogP contribution in [0.25, 0.3) is 0 Å². The van der Waals surface area contributed by atoms with Gasteiger partial charge in [-0.3, -0.25) is 9.69 Å². The number of hydrogen-bond acceptors (Lipinski definition) is 3. The van der Waals surface area contributed by atoms with Gasteiger partial charge < -0.3 is 9.88 Å². The Morgan fingerprint density at radius 1 is 1.24 bits per heavy atom. The number of hydrogen-bond donors (Lipinski definition) is 1. The number of rotatable bonds is 4. The van der Waals surface area contributed by atoms with Crippen molar-refractivity contribution in [2.75, 3.05) is 19.6 Å².